The lowest BCUT2D eigenvalue weighted by Crippen LogP contribution is -1.97. The summed E-state index contributed by atoms with van der Waals surface area (Å²) in [5.74, 6) is 2.99. The maximum Gasteiger partial charge on any atom is 0.192 e. The maximum absolute atomic E-state index is 5.60. The molecule has 0 fully saturated rings. The predicted octanol–water partition coefficient (Wildman–Crippen LogP) is 25.6. The Kier molecular flexibility index (Phi) is 23.5. The SMILES string of the molecule is Cc1c(C)c(C)c2c(c1C)c(C)c(C)n2C.Cc1c(C)c(C)c2c(c1C)c(C)c(C)n2C.Cc1c(C)c(C)c2c(c1C)c(C)c(C)n2C.Cc1nc2c(C)c(C)c(C)c(C)c2o1.Cc1nc2c(C)c(C)c(C)c(C)c2o1.Cc1nc2c(C)c(C)c(C)c(C)c2o1.Cc1nc2c(C)c(C)c(C)c(C)c2o1. The van der Waals surface area contributed by atoms with E-state index in [2.05, 4.69) is 290 Å². The molecule has 14 rings (SSSR count). The molecule has 0 saturated carbocycles. The molecule has 554 valence electrons. The quantitative estimate of drug-likeness (QED) is 0.147. The van der Waals surface area contributed by atoms with Crippen LogP contribution in [-0.4, -0.2) is 33.6 Å². The standard InChI is InChI=1S/3C15H21N.4C12H15NO/c3*1-8-9(2)11(4)15-14(10(8)3)12(5)13(6)16(15)7;4*1-6-7(2)9(4)12-11(8(6)3)13-10(5)14-12/h3*1-7H3;4*1-5H3. The molecule has 0 saturated heterocycles. The molecule has 7 heterocycles. The van der Waals surface area contributed by atoms with Gasteiger partial charge in [-0.25, -0.2) is 19.9 Å². The smallest absolute Gasteiger partial charge is 0.192 e. The van der Waals surface area contributed by atoms with E-state index in [4.69, 9.17) is 17.7 Å². The maximum atomic E-state index is 5.60. The van der Waals surface area contributed by atoms with Gasteiger partial charge in [-0.1, -0.05) is 0 Å². The lowest BCUT2D eigenvalue weighted by Gasteiger charge is -2.12. The van der Waals surface area contributed by atoms with Gasteiger partial charge in [0.25, 0.3) is 0 Å². The minimum absolute atomic E-state index is 0.746. The number of hydrogen-bond donors (Lipinski definition) is 0. The van der Waals surface area contributed by atoms with Crippen LogP contribution >= 0.6 is 0 Å². The highest BCUT2D eigenvalue weighted by Crippen LogP contribution is 2.39. The Balaban J connectivity index is 0.000000154. The van der Waals surface area contributed by atoms with Crippen LogP contribution in [0.3, 0.4) is 0 Å². The van der Waals surface area contributed by atoms with Crippen molar-refractivity contribution in [3.63, 3.8) is 0 Å². The van der Waals surface area contributed by atoms with Crippen LogP contribution in [0, 0.1) is 263 Å². The van der Waals surface area contributed by atoms with Crippen molar-refractivity contribution in [1.29, 1.82) is 0 Å². The second kappa shape index (κ2) is 30.3. The van der Waals surface area contributed by atoms with Gasteiger partial charge in [-0.2, -0.15) is 0 Å². The predicted molar refractivity (Wildman–Crippen MR) is 445 cm³/mol. The van der Waals surface area contributed by atoms with Crippen molar-refractivity contribution < 1.29 is 17.7 Å². The number of nitrogens with zero attached hydrogens (tertiary/aromatic N) is 7. The summed E-state index contributed by atoms with van der Waals surface area (Å²) in [4.78, 5) is 17.6. The molecule has 11 nitrogen and oxygen atoms in total. The van der Waals surface area contributed by atoms with E-state index in [-0.39, 0.29) is 0 Å². The molecule has 0 spiro atoms. The molecule has 0 aliphatic rings. The molecule has 0 aliphatic carbocycles. The van der Waals surface area contributed by atoms with Gasteiger partial charge in [0.15, 0.2) is 45.9 Å². The van der Waals surface area contributed by atoms with Crippen molar-refractivity contribution in [3.8, 4) is 0 Å². The third kappa shape index (κ3) is 13.8. The molecular formula is C93H123N7O4. The van der Waals surface area contributed by atoms with Crippen molar-refractivity contribution in [2.24, 2.45) is 21.1 Å². The molecule has 104 heavy (non-hydrogen) atoms. The highest BCUT2D eigenvalue weighted by Gasteiger charge is 2.22. The van der Waals surface area contributed by atoms with E-state index in [0.717, 1.165) is 68.0 Å². The normalized spacial score (nSPS) is 11.3. The van der Waals surface area contributed by atoms with Gasteiger partial charge >= 0.3 is 0 Å². The molecule has 0 atom stereocenters. The topological polar surface area (TPSA) is 119 Å². The Hall–Kier alpha value is -8.96. The number of fused-ring (bicyclic) bond motifs is 7. The molecular weight excluding hydrogens is 1280 g/mol. The summed E-state index contributed by atoms with van der Waals surface area (Å²) in [5.41, 5.74) is 58.1. The van der Waals surface area contributed by atoms with Gasteiger partial charge in [0.05, 0.1) is 16.6 Å². The molecule has 7 aromatic heterocycles. The van der Waals surface area contributed by atoms with Gasteiger partial charge < -0.3 is 31.4 Å². The average molecular weight is 1400 g/mol. The molecule has 0 radical (unpaired) electrons. The van der Waals surface area contributed by atoms with Gasteiger partial charge in [0, 0.05) is 82.1 Å². The van der Waals surface area contributed by atoms with Crippen molar-refractivity contribution >= 4 is 77.1 Å². The molecule has 14 aromatic rings. The van der Waals surface area contributed by atoms with Crippen molar-refractivity contribution in [1.82, 2.24) is 33.6 Å². The fraction of sp³-hybridized carbons (Fsp3) is 0.441. The monoisotopic (exact) mass is 1400 g/mol. The second-order valence-electron chi connectivity index (χ2n) is 30.6. The first-order valence-corrected chi connectivity index (χ1v) is 37.1. The molecule has 0 unspecified atom stereocenters. The van der Waals surface area contributed by atoms with Crippen LogP contribution in [0.15, 0.2) is 17.7 Å². The van der Waals surface area contributed by atoms with E-state index in [1.807, 2.05) is 27.7 Å². The summed E-state index contributed by atoms with van der Waals surface area (Å²) in [6.45, 7) is 81.6. The lowest BCUT2D eigenvalue weighted by molar-refractivity contribution is 0.558. The van der Waals surface area contributed by atoms with E-state index >= 15 is 0 Å². The summed E-state index contributed by atoms with van der Waals surface area (Å²) < 4.78 is 29.4. The van der Waals surface area contributed by atoms with Gasteiger partial charge in [-0.15, -0.1) is 0 Å². The number of rotatable bonds is 0. The average Bonchev–Trinajstić information content (AvgIpc) is 1.66. The highest BCUT2D eigenvalue weighted by atomic mass is 16.4. The zero-order valence-electron chi connectivity index (χ0n) is 71.8. The van der Waals surface area contributed by atoms with E-state index in [1.54, 1.807) is 0 Å². The van der Waals surface area contributed by atoms with Gasteiger partial charge in [-0.05, 0) is 408 Å². The van der Waals surface area contributed by atoms with Crippen LogP contribution in [0.1, 0.15) is 213 Å². The first kappa shape index (κ1) is 80.7. The van der Waals surface area contributed by atoms with Crippen LogP contribution in [0.25, 0.3) is 77.1 Å². The van der Waals surface area contributed by atoms with E-state index in [0.29, 0.717) is 0 Å². The van der Waals surface area contributed by atoms with Crippen LogP contribution in [-0.2, 0) is 21.1 Å². The molecule has 0 aliphatic heterocycles. The van der Waals surface area contributed by atoms with E-state index < -0.39 is 0 Å². The van der Waals surface area contributed by atoms with E-state index in [1.165, 1.54) is 222 Å². The molecule has 11 heteroatoms. The first-order chi connectivity index (χ1) is 48.2. The molecule has 0 N–H and O–H groups in total. The molecule has 0 amide bonds. The zero-order chi connectivity index (χ0) is 78.4. The van der Waals surface area contributed by atoms with Crippen LogP contribution < -0.4 is 0 Å². The third-order valence-electron chi connectivity index (χ3n) is 25.7. The zero-order valence-corrected chi connectivity index (χ0v) is 71.8. The molecule has 7 aromatic carbocycles. The van der Waals surface area contributed by atoms with Crippen LogP contribution in [0.5, 0.6) is 0 Å². The number of benzene rings is 7. The Morgan fingerprint density at radius 2 is 0.308 bits per heavy atom. The summed E-state index contributed by atoms with van der Waals surface area (Å²) >= 11 is 0. The fourth-order valence-corrected chi connectivity index (χ4v) is 15.7. The Morgan fingerprint density at radius 3 is 0.481 bits per heavy atom. The summed E-state index contributed by atoms with van der Waals surface area (Å²) in [6, 6.07) is 0. The third-order valence-corrected chi connectivity index (χ3v) is 25.7. The van der Waals surface area contributed by atoms with Crippen molar-refractivity contribution in [2.75, 3.05) is 0 Å². The van der Waals surface area contributed by atoms with Crippen LogP contribution in [0.4, 0.5) is 0 Å². The number of aromatic nitrogens is 7. The lowest BCUT2D eigenvalue weighted by atomic mass is 9.94. The number of aryl methyl sites for hydroxylation is 24. The van der Waals surface area contributed by atoms with Gasteiger partial charge in [-0.3, -0.25) is 0 Å². The highest BCUT2D eigenvalue weighted by molar-refractivity contribution is 5.95. The minimum Gasteiger partial charge on any atom is -0.441 e. The Morgan fingerprint density at radius 1 is 0.163 bits per heavy atom. The Bertz CT molecular complexity index is 4810. The summed E-state index contributed by atoms with van der Waals surface area (Å²) in [7, 11) is 6.52. The summed E-state index contributed by atoms with van der Waals surface area (Å²) in [6.07, 6.45) is 0. The second-order valence-corrected chi connectivity index (χ2v) is 30.6. The van der Waals surface area contributed by atoms with Gasteiger partial charge in [0.1, 0.15) is 22.1 Å². The Labute approximate surface area is 622 Å². The molecule has 0 bridgehead atoms. The first-order valence-electron chi connectivity index (χ1n) is 37.1. The van der Waals surface area contributed by atoms with E-state index in [9.17, 15) is 0 Å². The largest absolute Gasteiger partial charge is 0.441 e. The number of hydrogen-bond acceptors (Lipinski definition) is 8. The number of oxazole rings is 4. The summed E-state index contributed by atoms with van der Waals surface area (Å²) in [5, 5.41) is 4.38. The minimum atomic E-state index is 0.746. The van der Waals surface area contributed by atoms with Crippen molar-refractivity contribution in [2.45, 2.75) is 263 Å². The van der Waals surface area contributed by atoms with Crippen LogP contribution in [0.2, 0.25) is 0 Å². The van der Waals surface area contributed by atoms with Crippen molar-refractivity contribution in [3.05, 3.63) is 213 Å². The fourth-order valence-electron chi connectivity index (χ4n) is 15.7. The van der Waals surface area contributed by atoms with Gasteiger partial charge in [0.2, 0.25) is 0 Å².